The number of para-hydroxylation sites is 1. The minimum atomic E-state index is -0.687. The second-order valence-corrected chi connectivity index (χ2v) is 5.87. The van der Waals surface area contributed by atoms with Gasteiger partial charge in [-0.2, -0.15) is 0 Å². The number of hydrogen-bond donors (Lipinski definition) is 3. The maximum Gasteiger partial charge on any atom is 0.355 e. The lowest BCUT2D eigenvalue weighted by molar-refractivity contribution is -0.383. The van der Waals surface area contributed by atoms with Crippen LogP contribution in [0.25, 0.3) is 0 Å². The van der Waals surface area contributed by atoms with E-state index in [0.717, 1.165) is 6.33 Å². The minimum Gasteiger partial charge on any atom is -0.484 e. The van der Waals surface area contributed by atoms with Gasteiger partial charge in [-0.05, 0) is 24.3 Å². The van der Waals surface area contributed by atoms with Crippen molar-refractivity contribution in [2.75, 3.05) is 17.3 Å². The van der Waals surface area contributed by atoms with Crippen LogP contribution in [0, 0.1) is 10.1 Å². The Balaban J connectivity index is 1.67. The Morgan fingerprint density at radius 3 is 2.55 bits per heavy atom. The summed E-state index contributed by atoms with van der Waals surface area (Å²) in [5.41, 5.74) is 4.23. The first kappa shape index (κ1) is 19.8. The molecule has 0 bridgehead atoms. The molecule has 0 atom stereocenters. The van der Waals surface area contributed by atoms with Gasteiger partial charge in [0.15, 0.2) is 6.61 Å². The Kier molecular flexibility index (Phi) is 6.32. The topological polar surface area (TPSA) is 144 Å². The number of nitro groups is 1. The molecule has 0 fully saturated rings. The molecule has 0 spiro atoms. The predicted molar refractivity (Wildman–Crippen MR) is 105 cm³/mol. The number of amides is 1. The van der Waals surface area contributed by atoms with Gasteiger partial charge in [0.2, 0.25) is 11.6 Å². The monoisotopic (exact) mass is 415 g/mol. The van der Waals surface area contributed by atoms with Crippen LogP contribution in [0.15, 0.2) is 55.0 Å². The molecule has 0 radical (unpaired) electrons. The fourth-order valence-corrected chi connectivity index (χ4v) is 2.25. The average molecular weight is 416 g/mol. The van der Waals surface area contributed by atoms with E-state index in [1.807, 2.05) is 6.07 Å². The van der Waals surface area contributed by atoms with Crippen LogP contribution in [0.1, 0.15) is 0 Å². The number of rotatable bonds is 8. The van der Waals surface area contributed by atoms with E-state index in [1.54, 1.807) is 30.3 Å². The average Bonchev–Trinajstić information content (AvgIpc) is 2.73. The Bertz CT molecular complexity index is 1000. The Labute approximate surface area is 169 Å². The van der Waals surface area contributed by atoms with Crippen molar-refractivity contribution in [3.05, 3.63) is 70.1 Å². The van der Waals surface area contributed by atoms with Gasteiger partial charge in [0.25, 0.3) is 5.91 Å². The molecule has 29 heavy (non-hydrogen) atoms. The van der Waals surface area contributed by atoms with Gasteiger partial charge in [-0.15, -0.1) is 0 Å². The number of carbonyl (C=O) groups excluding carboxylic acids is 1. The molecule has 3 rings (SSSR count). The van der Waals surface area contributed by atoms with Crippen molar-refractivity contribution < 1.29 is 14.5 Å². The molecule has 12 heteroatoms. The maximum absolute atomic E-state index is 11.9. The number of hydrogen-bond acceptors (Lipinski definition) is 9. The van der Waals surface area contributed by atoms with Crippen LogP contribution in [-0.2, 0) is 4.79 Å². The molecular formula is C17H14ClN7O4. The van der Waals surface area contributed by atoms with Crippen molar-refractivity contribution in [1.82, 2.24) is 20.4 Å². The van der Waals surface area contributed by atoms with Crippen LogP contribution >= 0.6 is 11.6 Å². The summed E-state index contributed by atoms with van der Waals surface area (Å²) in [6.07, 6.45) is 2.48. The highest BCUT2D eigenvalue weighted by molar-refractivity contribution is 6.30. The maximum atomic E-state index is 11.9. The fraction of sp³-hybridized carbons (Fsp3) is 0.0588. The van der Waals surface area contributed by atoms with E-state index in [4.69, 9.17) is 16.3 Å². The van der Waals surface area contributed by atoms with Crippen molar-refractivity contribution in [2.24, 2.45) is 0 Å². The number of nitrogens with one attached hydrogen (secondary N) is 3. The molecule has 0 saturated carbocycles. The van der Waals surface area contributed by atoms with Crippen molar-refractivity contribution in [1.29, 1.82) is 0 Å². The van der Waals surface area contributed by atoms with Gasteiger partial charge in [0.1, 0.15) is 17.9 Å². The molecule has 2 heterocycles. The Morgan fingerprint density at radius 2 is 1.86 bits per heavy atom. The number of nitrogens with zero attached hydrogens (tertiary/aromatic N) is 4. The fourth-order valence-electron chi connectivity index (χ4n) is 2.14. The van der Waals surface area contributed by atoms with E-state index in [9.17, 15) is 14.9 Å². The van der Waals surface area contributed by atoms with E-state index in [0.29, 0.717) is 16.6 Å². The van der Waals surface area contributed by atoms with E-state index in [1.165, 1.54) is 12.3 Å². The lowest BCUT2D eigenvalue weighted by Crippen LogP contribution is -2.34. The van der Waals surface area contributed by atoms with Gasteiger partial charge in [-0.25, -0.2) is 15.0 Å². The van der Waals surface area contributed by atoms with E-state index < -0.39 is 16.5 Å². The highest BCUT2D eigenvalue weighted by atomic mass is 35.5. The third-order valence-corrected chi connectivity index (χ3v) is 3.64. The summed E-state index contributed by atoms with van der Waals surface area (Å²) in [7, 11) is 0. The number of halogens is 1. The normalized spacial score (nSPS) is 10.1. The number of carbonyl (C=O) groups is 1. The zero-order valence-electron chi connectivity index (χ0n) is 14.7. The largest absolute Gasteiger partial charge is 0.484 e. The Morgan fingerprint density at radius 1 is 1.10 bits per heavy atom. The molecule has 11 nitrogen and oxygen atoms in total. The van der Waals surface area contributed by atoms with Crippen LogP contribution in [0.2, 0.25) is 5.02 Å². The third-order valence-electron chi connectivity index (χ3n) is 3.41. The zero-order chi connectivity index (χ0) is 20.6. The SMILES string of the molecule is O=C(COc1ccccc1)NNc1ncnc(Nc2ccc(Cl)cn2)c1[N+](=O)[O-]. The Hall–Kier alpha value is -3.99. The van der Waals surface area contributed by atoms with Gasteiger partial charge in [-0.3, -0.25) is 25.8 Å². The van der Waals surface area contributed by atoms with Gasteiger partial charge < -0.3 is 10.1 Å². The first-order valence-corrected chi connectivity index (χ1v) is 8.51. The zero-order valence-corrected chi connectivity index (χ0v) is 15.5. The molecule has 0 aliphatic rings. The van der Waals surface area contributed by atoms with Crippen LogP contribution < -0.4 is 20.9 Å². The predicted octanol–water partition coefficient (Wildman–Crippen LogP) is 2.70. The lowest BCUT2D eigenvalue weighted by Gasteiger charge is -2.11. The van der Waals surface area contributed by atoms with Crippen LogP contribution in [0.3, 0.4) is 0 Å². The molecule has 1 amide bonds. The number of pyridine rings is 1. The number of ether oxygens (including phenoxy) is 1. The standard InChI is InChI=1S/C17H14ClN7O4/c18-11-6-7-13(19-8-11)22-16-15(25(27)28)17(21-10-20-16)24-23-14(26)9-29-12-4-2-1-3-5-12/h1-8,10H,9H2,(H,23,26)(H2,19,20,21,22,24). The van der Waals surface area contributed by atoms with Crippen molar-refractivity contribution in [3.8, 4) is 5.75 Å². The first-order valence-electron chi connectivity index (χ1n) is 8.13. The smallest absolute Gasteiger partial charge is 0.355 e. The molecule has 2 aromatic heterocycles. The molecular weight excluding hydrogens is 402 g/mol. The summed E-state index contributed by atoms with van der Waals surface area (Å²) in [5, 5.41) is 14.6. The van der Waals surface area contributed by atoms with Gasteiger partial charge in [0.05, 0.1) is 9.95 Å². The minimum absolute atomic E-state index is 0.114. The van der Waals surface area contributed by atoms with Crippen LogP contribution in [-0.4, -0.2) is 32.4 Å². The summed E-state index contributed by atoms with van der Waals surface area (Å²) in [5.74, 6) is -0.0812. The number of aromatic nitrogens is 3. The molecule has 1 aromatic carbocycles. The van der Waals surface area contributed by atoms with Gasteiger partial charge in [-0.1, -0.05) is 29.8 Å². The van der Waals surface area contributed by atoms with Crippen molar-refractivity contribution in [2.45, 2.75) is 0 Å². The first-order chi connectivity index (χ1) is 14.0. The summed E-state index contributed by atoms with van der Waals surface area (Å²) in [6.45, 7) is -0.296. The van der Waals surface area contributed by atoms with Crippen LogP contribution in [0.4, 0.5) is 23.1 Å². The molecule has 0 aliphatic carbocycles. The van der Waals surface area contributed by atoms with E-state index in [-0.39, 0.29) is 18.2 Å². The number of benzene rings is 1. The molecule has 3 N–H and O–H groups in total. The lowest BCUT2D eigenvalue weighted by atomic mass is 10.3. The number of hydrazine groups is 1. The van der Waals surface area contributed by atoms with Gasteiger partial charge >= 0.3 is 5.69 Å². The van der Waals surface area contributed by atoms with Crippen molar-refractivity contribution >= 4 is 40.6 Å². The van der Waals surface area contributed by atoms with Crippen LogP contribution in [0.5, 0.6) is 5.75 Å². The van der Waals surface area contributed by atoms with E-state index >= 15 is 0 Å². The summed E-state index contributed by atoms with van der Waals surface area (Å²) in [6, 6.07) is 11.8. The molecule has 148 valence electrons. The second-order valence-electron chi connectivity index (χ2n) is 5.44. The van der Waals surface area contributed by atoms with E-state index in [2.05, 4.69) is 31.1 Å². The number of anilines is 3. The highest BCUT2D eigenvalue weighted by Crippen LogP contribution is 2.30. The third kappa shape index (κ3) is 5.49. The van der Waals surface area contributed by atoms with Gasteiger partial charge in [0, 0.05) is 6.20 Å². The molecule has 0 saturated heterocycles. The molecule has 0 unspecified atom stereocenters. The summed E-state index contributed by atoms with van der Waals surface area (Å²) in [4.78, 5) is 34.4. The molecule has 0 aliphatic heterocycles. The summed E-state index contributed by atoms with van der Waals surface area (Å²) >= 11 is 5.77. The second kappa shape index (κ2) is 9.28. The van der Waals surface area contributed by atoms with Crippen molar-refractivity contribution in [3.63, 3.8) is 0 Å². The quantitative estimate of drug-likeness (QED) is 0.373. The molecule has 3 aromatic rings. The summed E-state index contributed by atoms with van der Waals surface area (Å²) < 4.78 is 5.30. The highest BCUT2D eigenvalue weighted by Gasteiger charge is 2.24.